The smallest absolute Gasteiger partial charge is 0.0623 e. The summed E-state index contributed by atoms with van der Waals surface area (Å²) in [4.78, 5) is 0. The normalized spacial score (nSPS) is 30.9. The summed E-state index contributed by atoms with van der Waals surface area (Å²) in [7, 11) is 0. The maximum Gasteiger partial charge on any atom is 0.0623 e. The molecule has 2 aliphatic rings. The molecule has 2 N–H and O–H groups in total. The molecule has 19 heavy (non-hydrogen) atoms. The molecule has 112 valence electrons. The molecule has 2 saturated heterocycles. The molecule has 0 spiro atoms. The quantitative estimate of drug-likeness (QED) is 0.595. The van der Waals surface area contributed by atoms with E-state index in [2.05, 4.69) is 6.92 Å². The lowest BCUT2D eigenvalue weighted by atomic mass is 9.82. The van der Waals surface area contributed by atoms with Crippen LogP contribution in [-0.4, -0.2) is 18.2 Å². The van der Waals surface area contributed by atoms with E-state index in [1.54, 1.807) is 0 Å². The van der Waals surface area contributed by atoms with Gasteiger partial charge < -0.3 is 10.5 Å². The first-order chi connectivity index (χ1) is 9.31. The largest absolute Gasteiger partial charge is 0.375 e. The van der Waals surface area contributed by atoms with Crippen molar-refractivity contribution in [1.82, 2.24) is 0 Å². The first kappa shape index (κ1) is 15.3. The predicted molar refractivity (Wildman–Crippen MR) is 81.2 cm³/mol. The summed E-state index contributed by atoms with van der Waals surface area (Å²) in [6, 6.07) is 0.399. The van der Waals surface area contributed by atoms with E-state index in [0.717, 1.165) is 0 Å². The molecule has 0 saturated carbocycles. The van der Waals surface area contributed by atoms with Gasteiger partial charge in [0.05, 0.1) is 12.2 Å². The molecule has 2 aliphatic heterocycles. The van der Waals surface area contributed by atoms with E-state index in [9.17, 15) is 0 Å². The van der Waals surface area contributed by atoms with Crippen molar-refractivity contribution in [2.75, 3.05) is 0 Å². The molecular weight excluding hydrogens is 234 g/mol. The van der Waals surface area contributed by atoms with Crippen molar-refractivity contribution in [3.8, 4) is 0 Å². The van der Waals surface area contributed by atoms with Gasteiger partial charge in [0.25, 0.3) is 0 Å². The Bertz CT molecular complexity index is 243. The Morgan fingerprint density at radius 2 is 1.68 bits per heavy atom. The van der Waals surface area contributed by atoms with E-state index in [-0.39, 0.29) is 0 Å². The minimum Gasteiger partial charge on any atom is -0.375 e. The second-order valence-corrected chi connectivity index (χ2v) is 6.70. The lowest BCUT2D eigenvalue weighted by Crippen LogP contribution is -2.36. The fraction of sp³-hybridized carbons (Fsp3) is 1.00. The molecule has 2 heterocycles. The summed E-state index contributed by atoms with van der Waals surface area (Å²) in [6.45, 7) is 2.28. The number of hydrogen-bond donors (Lipinski definition) is 1. The number of ether oxygens (including phenoxy) is 1. The molecule has 0 aliphatic carbocycles. The third kappa shape index (κ3) is 4.75. The molecule has 2 rings (SSSR count). The molecular formula is C17H33NO. The molecule has 4 atom stereocenters. The standard InChI is InChI=1S/C17H33NO/c1-2-3-4-5-6-7-8-9-10-16(18)15-13-14-11-12-17(15)19-14/h14-17H,2-13,18H2,1H3. The van der Waals surface area contributed by atoms with Crippen molar-refractivity contribution in [2.24, 2.45) is 11.7 Å². The van der Waals surface area contributed by atoms with Crippen LogP contribution in [0.2, 0.25) is 0 Å². The topological polar surface area (TPSA) is 35.2 Å². The van der Waals surface area contributed by atoms with Crippen LogP contribution in [0.4, 0.5) is 0 Å². The van der Waals surface area contributed by atoms with E-state index in [1.165, 1.54) is 77.0 Å². The molecule has 2 nitrogen and oxygen atoms in total. The van der Waals surface area contributed by atoms with E-state index in [0.29, 0.717) is 24.2 Å². The number of fused-ring (bicyclic) bond motifs is 2. The molecule has 0 aromatic rings. The Morgan fingerprint density at radius 3 is 2.26 bits per heavy atom. The highest BCUT2D eigenvalue weighted by Crippen LogP contribution is 2.40. The highest BCUT2D eigenvalue weighted by molar-refractivity contribution is 4.93. The average Bonchev–Trinajstić information content (AvgIpc) is 3.04. The monoisotopic (exact) mass is 267 g/mol. The van der Waals surface area contributed by atoms with E-state index in [1.807, 2.05) is 0 Å². The molecule has 0 radical (unpaired) electrons. The van der Waals surface area contributed by atoms with Gasteiger partial charge in [0.15, 0.2) is 0 Å². The second kappa shape index (κ2) is 8.26. The third-order valence-electron chi connectivity index (χ3n) is 5.09. The maximum absolute atomic E-state index is 6.37. The Hall–Kier alpha value is -0.0800. The van der Waals surface area contributed by atoms with Gasteiger partial charge in [-0.15, -0.1) is 0 Å². The van der Waals surface area contributed by atoms with Crippen molar-refractivity contribution in [1.29, 1.82) is 0 Å². The van der Waals surface area contributed by atoms with Crippen LogP contribution >= 0.6 is 0 Å². The van der Waals surface area contributed by atoms with Gasteiger partial charge in [-0.05, 0) is 25.7 Å². The Labute approximate surface area is 119 Å². The number of rotatable bonds is 10. The fourth-order valence-corrected chi connectivity index (χ4v) is 3.86. The summed E-state index contributed by atoms with van der Waals surface area (Å²) in [5, 5.41) is 0. The van der Waals surface area contributed by atoms with Crippen LogP contribution < -0.4 is 5.73 Å². The Balaban J connectivity index is 1.45. The summed E-state index contributed by atoms with van der Waals surface area (Å²) in [5.41, 5.74) is 6.37. The molecule has 2 fully saturated rings. The first-order valence-electron chi connectivity index (χ1n) is 8.72. The summed E-state index contributed by atoms with van der Waals surface area (Å²) >= 11 is 0. The van der Waals surface area contributed by atoms with Crippen LogP contribution in [0, 0.1) is 5.92 Å². The fourth-order valence-electron chi connectivity index (χ4n) is 3.86. The van der Waals surface area contributed by atoms with Gasteiger partial charge in [0, 0.05) is 12.0 Å². The summed E-state index contributed by atoms with van der Waals surface area (Å²) in [6.07, 6.45) is 17.2. The maximum atomic E-state index is 6.37. The zero-order valence-corrected chi connectivity index (χ0v) is 12.8. The summed E-state index contributed by atoms with van der Waals surface area (Å²) < 4.78 is 5.91. The van der Waals surface area contributed by atoms with Crippen molar-refractivity contribution in [3.63, 3.8) is 0 Å². The van der Waals surface area contributed by atoms with Crippen LogP contribution in [0.5, 0.6) is 0 Å². The van der Waals surface area contributed by atoms with E-state index >= 15 is 0 Å². The molecule has 0 amide bonds. The lowest BCUT2D eigenvalue weighted by molar-refractivity contribution is 0.0877. The zero-order chi connectivity index (χ0) is 13.5. The van der Waals surface area contributed by atoms with Crippen molar-refractivity contribution in [3.05, 3.63) is 0 Å². The van der Waals surface area contributed by atoms with Gasteiger partial charge in [-0.2, -0.15) is 0 Å². The van der Waals surface area contributed by atoms with Crippen LogP contribution in [0.15, 0.2) is 0 Å². The van der Waals surface area contributed by atoms with Crippen LogP contribution in [0.1, 0.15) is 84.0 Å². The van der Waals surface area contributed by atoms with Gasteiger partial charge in [-0.1, -0.05) is 58.3 Å². The summed E-state index contributed by atoms with van der Waals surface area (Å²) in [5.74, 6) is 0.670. The van der Waals surface area contributed by atoms with Crippen molar-refractivity contribution in [2.45, 2.75) is 102 Å². The minimum atomic E-state index is 0.399. The third-order valence-corrected chi connectivity index (χ3v) is 5.09. The Morgan fingerprint density at radius 1 is 1.00 bits per heavy atom. The van der Waals surface area contributed by atoms with Crippen LogP contribution in [0.25, 0.3) is 0 Å². The Kier molecular flexibility index (Phi) is 6.66. The minimum absolute atomic E-state index is 0.399. The number of unbranched alkanes of at least 4 members (excludes halogenated alkanes) is 7. The molecule has 0 aromatic carbocycles. The molecule has 2 bridgehead atoms. The molecule has 0 aromatic heterocycles. The van der Waals surface area contributed by atoms with Crippen LogP contribution in [0.3, 0.4) is 0 Å². The SMILES string of the molecule is CCCCCCCCCCC(N)C1CC2CCC1O2. The van der Waals surface area contributed by atoms with Gasteiger partial charge in [-0.25, -0.2) is 0 Å². The first-order valence-corrected chi connectivity index (χ1v) is 8.72. The van der Waals surface area contributed by atoms with E-state index in [4.69, 9.17) is 10.5 Å². The molecule has 2 heteroatoms. The van der Waals surface area contributed by atoms with Crippen molar-refractivity contribution < 1.29 is 4.74 Å². The van der Waals surface area contributed by atoms with E-state index < -0.39 is 0 Å². The molecule has 4 unspecified atom stereocenters. The van der Waals surface area contributed by atoms with Gasteiger partial charge in [0.2, 0.25) is 0 Å². The predicted octanol–water partition coefficient (Wildman–Crippen LogP) is 4.41. The zero-order valence-electron chi connectivity index (χ0n) is 12.8. The van der Waals surface area contributed by atoms with Gasteiger partial charge in [-0.3, -0.25) is 0 Å². The highest BCUT2D eigenvalue weighted by atomic mass is 16.5. The second-order valence-electron chi connectivity index (χ2n) is 6.70. The lowest BCUT2D eigenvalue weighted by Gasteiger charge is -2.25. The number of hydrogen-bond acceptors (Lipinski definition) is 2. The van der Waals surface area contributed by atoms with Crippen LogP contribution in [-0.2, 0) is 4.74 Å². The van der Waals surface area contributed by atoms with Gasteiger partial charge >= 0.3 is 0 Å². The number of nitrogens with two attached hydrogens (primary N) is 1. The van der Waals surface area contributed by atoms with Gasteiger partial charge in [0.1, 0.15) is 0 Å². The van der Waals surface area contributed by atoms with Crippen molar-refractivity contribution >= 4 is 0 Å². The highest BCUT2D eigenvalue weighted by Gasteiger charge is 2.42. The average molecular weight is 267 g/mol.